The number of halogens is 1. The Morgan fingerprint density at radius 1 is 1.32 bits per heavy atom. The van der Waals surface area contributed by atoms with E-state index in [-0.39, 0.29) is 5.91 Å². The van der Waals surface area contributed by atoms with Gasteiger partial charge in [-0.25, -0.2) is 0 Å². The van der Waals surface area contributed by atoms with Crippen LogP contribution in [0.15, 0.2) is 18.2 Å². The van der Waals surface area contributed by atoms with Crippen LogP contribution in [0.25, 0.3) is 0 Å². The number of nitrogens with one attached hydrogen (secondary N) is 2. The Hall–Kier alpha value is -1.26. The molecular formula is C14H22ClN3O. The molecule has 1 amide bonds. The molecule has 0 saturated heterocycles. The van der Waals surface area contributed by atoms with E-state index in [0.29, 0.717) is 19.5 Å². The molecule has 1 aromatic rings. The first-order chi connectivity index (χ1) is 8.99. The number of aryl methyl sites for hydroxylation is 1. The molecule has 0 heterocycles. The Morgan fingerprint density at radius 3 is 2.68 bits per heavy atom. The van der Waals surface area contributed by atoms with Crippen LogP contribution in [-0.2, 0) is 4.79 Å². The maximum Gasteiger partial charge on any atom is 0.221 e. The van der Waals surface area contributed by atoms with Crippen molar-refractivity contribution < 1.29 is 4.79 Å². The lowest BCUT2D eigenvalue weighted by Crippen LogP contribution is -2.32. The van der Waals surface area contributed by atoms with Crippen molar-refractivity contribution in [3.8, 4) is 0 Å². The highest BCUT2D eigenvalue weighted by atomic mass is 35.5. The molecule has 0 aliphatic rings. The third kappa shape index (κ3) is 6.45. The topological polar surface area (TPSA) is 44.4 Å². The van der Waals surface area contributed by atoms with Gasteiger partial charge in [-0.1, -0.05) is 17.7 Å². The van der Waals surface area contributed by atoms with Gasteiger partial charge < -0.3 is 15.5 Å². The molecule has 0 spiro atoms. The summed E-state index contributed by atoms with van der Waals surface area (Å²) in [6, 6.07) is 5.80. The van der Waals surface area contributed by atoms with Crippen LogP contribution in [0.4, 0.5) is 5.69 Å². The zero-order valence-corrected chi connectivity index (χ0v) is 12.5. The van der Waals surface area contributed by atoms with E-state index >= 15 is 0 Å². The van der Waals surface area contributed by atoms with E-state index in [2.05, 4.69) is 10.6 Å². The van der Waals surface area contributed by atoms with E-state index in [1.54, 1.807) is 0 Å². The van der Waals surface area contributed by atoms with E-state index < -0.39 is 0 Å². The van der Waals surface area contributed by atoms with Crippen molar-refractivity contribution in [2.75, 3.05) is 39.0 Å². The van der Waals surface area contributed by atoms with Gasteiger partial charge in [0.1, 0.15) is 0 Å². The molecule has 106 valence electrons. The summed E-state index contributed by atoms with van der Waals surface area (Å²) in [5.74, 6) is 0.0626. The van der Waals surface area contributed by atoms with E-state index in [1.165, 1.54) is 0 Å². The second-order valence-corrected chi connectivity index (χ2v) is 5.20. The summed E-state index contributed by atoms with van der Waals surface area (Å²) in [5, 5.41) is 6.80. The predicted octanol–water partition coefficient (Wildman–Crippen LogP) is 2.13. The van der Waals surface area contributed by atoms with Crippen molar-refractivity contribution in [1.29, 1.82) is 0 Å². The van der Waals surface area contributed by atoms with E-state index in [0.717, 1.165) is 22.8 Å². The fraction of sp³-hybridized carbons (Fsp3) is 0.500. The van der Waals surface area contributed by atoms with Crippen molar-refractivity contribution in [1.82, 2.24) is 10.2 Å². The van der Waals surface area contributed by atoms with Crippen LogP contribution in [0.5, 0.6) is 0 Å². The summed E-state index contributed by atoms with van der Waals surface area (Å²) >= 11 is 6.03. The van der Waals surface area contributed by atoms with Crippen LogP contribution in [-0.4, -0.2) is 44.5 Å². The predicted molar refractivity (Wildman–Crippen MR) is 80.9 cm³/mol. The number of hydrogen-bond acceptors (Lipinski definition) is 3. The largest absolute Gasteiger partial charge is 0.384 e. The average molecular weight is 284 g/mol. The highest BCUT2D eigenvalue weighted by Gasteiger charge is 2.02. The van der Waals surface area contributed by atoms with Crippen molar-refractivity contribution in [3.05, 3.63) is 28.8 Å². The number of likely N-dealkylation sites (N-methyl/N-ethyl adjacent to an activating group) is 1. The van der Waals surface area contributed by atoms with Gasteiger partial charge in [0, 0.05) is 36.8 Å². The zero-order valence-electron chi connectivity index (χ0n) is 11.8. The maximum atomic E-state index is 11.5. The van der Waals surface area contributed by atoms with Crippen LogP contribution in [0.1, 0.15) is 12.0 Å². The van der Waals surface area contributed by atoms with Gasteiger partial charge in [0.2, 0.25) is 5.91 Å². The van der Waals surface area contributed by atoms with Gasteiger partial charge in [0.25, 0.3) is 0 Å². The number of hydrogen-bond donors (Lipinski definition) is 2. The molecule has 5 heteroatoms. The van der Waals surface area contributed by atoms with Crippen LogP contribution >= 0.6 is 11.6 Å². The molecule has 0 unspecified atom stereocenters. The summed E-state index contributed by atoms with van der Waals surface area (Å²) in [5.41, 5.74) is 1.99. The molecule has 0 fully saturated rings. The minimum absolute atomic E-state index is 0.0626. The standard InChI is InChI=1S/C14H22ClN3O/c1-11-4-5-12(10-13(11)15)16-7-6-14(19)17-8-9-18(2)3/h4-5,10,16H,6-9H2,1-3H3,(H,17,19). The molecule has 1 rings (SSSR count). The molecule has 0 saturated carbocycles. The Kier molecular flexibility index (Phi) is 6.67. The lowest BCUT2D eigenvalue weighted by Gasteiger charge is -2.11. The second-order valence-electron chi connectivity index (χ2n) is 4.79. The van der Waals surface area contributed by atoms with E-state index in [4.69, 9.17) is 11.6 Å². The molecule has 0 atom stereocenters. The first-order valence-corrected chi connectivity index (χ1v) is 6.78. The Labute approximate surface area is 120 Å². The first-order valence-electron chi connectivity index (χ1n) is 6.40. The number of nitrogens with zero attached hydrogens (tertiary/aromatic N) is 1. The SMILES string of the molecule is Cc1ccc(NCCC(=O)NCCN(C)C)cc1Cl. The number of anilines is 1. The molecule has 2 N–H and O–H groups in total. The highest BCUT2D eigenvalue weighted by Crippen LogP contribution is 2.19. The average Bonchev–Trinajstić information content (AvgIpc) is 2.33. The molecule has 0 aliphatic carbocycles. The molecule has 0 radical (unpaired) electrons. The van der Waals surface area contributed by atoms with Crippen molar-refractivity contribution in [2.45, 2.75) is 13.3 Å². The van der Waals surface area contributed by atoms with Gasteiger partial charge in [0.05, 0.1) is 0 Å². The van der Waals surface area contributed by atoms with Crippen LogP contribution < -0.4 is 10.6 Å². The first kappa shape index (κ1) is 15.8. The van der Waals surface area contributed by atoms with Crippen molar-refractivity contribution >= 4 is 23.2 Å². The normalized spacial score (nSPS) is 10.6. The Balaban J connectivity index is 2.22. The fourth-order valence-corrected chi connectivity index (χ4v) is 1.71. The summed E-state index contributed by atoms with van der Waals surface area (Å²) in [6.07, 6.45) is 0.457. The number of amides is 1. The number of rotatable bonds is 7. The molecule has 0 aliphatic heterocycles. The zero-order chi connectivity index (χ0) is 14.3. The quantitative estimate of drug-likeness (QED) is 0.806. The molecule has 19 heavy (non-hydrogen) atoms. The van der Waals surface area contributed by atoms with Crippen molar-refractivity contribution in [2.24, 2.45) is 0 Å². The minimum atomic E-state index is 0.0626. The van der Waals surface area contributed by atoms with Gasteiger partial charge in [-0.05, 0) is 38.7 Å². The van der Waals surface area contributed by atoms with Gasteiger partial charge >= 0.3 is 0 Å². The van der Waals surface area contributed by atoms with Crippen LogP contribution in [0.3, 0.4) is 0 Å². The summed E-state index contributed by atoms with van der Waals surface area (Å²) in [7, 11) is 3.96. The van der Waals surface area contributed by atoms with Crippen LogP contribution in [0, 0.1) is 6.92 Å². The summed E-state index contributed by atoms with van der Waals surface area (Å²) < 4.78 is 0. The van der Waals surface area contributed by atoms with Crippen molar-refractivity contribution in [3.63, 3.8) is 0 Å². The smallest absolute Gasteiger partial charge is 0.221 e. The van der Waals surface area contributed by atoms with Gasteiger partial charge in [-0.15, -0.1) is 0 Å². The Bertz CT molecular complexity index is 421. The molecule has 1 aromatic carbocycles. The monoisotopic (exact) mass is 283 g/mol. The summed E-state index contributed by atoms with van der Waals surface area (Å²) in [6.45, 7) is 4.10. The number of carbonyl (C=O) groups is 1. The summed E-state index contributed by atoms with van der Waals surface area (Å²) in [4.78, 5) is 13.6. The lowest BCUT2D eigenvalue weighted by atomic mass is 10.2. The second kappa shape index (κ2) is 8.02. The van der Waals surface area contributed by atoms with Crippen LogP contribution in [0.2, 0.25) is 5.02 Å². The number of benzene rings is 1. The fourth-order valence-electron chi connectivity index (χ4n) is 1.53. The highest BCUT2D eigenvalue weighted by molar-refractivity contribution is 6.31. The van der Waals surface area contributed by atoms with Gasteiger partial charge in [-0.3, -0.25) is 4.79 Å². The third-order valence-corrected chi connectivity index (χ3v) is 3.14. The van der Waals surface area contributed by atoms with E-state index in [9.17, 15) is 4.79 Å². The van der Waals surface area contributed by atoms with Gasteiger partial charge in [-0.2, -0.15) is 0 Å². The third-order valence-electron chi connectivity index (χ3n) is 2.73. The molecule has 4 nitrogen and oxygen atoms in total. The van der Waals surface area contributed by atoms with E-state index in [1.807, 2.05) is 44.1 Å². The maximum absolute atomic E-state index is 11.5. The molecule has 0 aromatic heterocycles. The lowest BCUT2D eigenvalue weighted by molar-refractivity contribution is -0.120. The molecule has 0 bridgehead atoms. The molecular weight excluding hydrogens is 262 g/mol. The Morgan fingerprint density at radius 2 is 2.05 bits per heavy atom. The minimum Gasteiger partial charge on any atom is -0.384 e. The van der Waals surface area contributed by atoms with Gasteiger partial charge in [0.15, 0.2) is 0 Å². The number of carbonyl (C=O) groups excluding carboxylic acids is 1.